The zero-order valence-electron chi connectivity index (χ0n) is 11.1. The van der Waals surface area contributed by atoms with Gasteiger partial charge in [0.1, 0.15) is 11.8 Å². The van der Waals surface area contributed by atoms with E-state index in [4.69, 9.17) is 10.1 Å². The van der Waals surface area contributed by atoms with Crippen molar-refractivity contribution in [2.45, 2.75) is 39.2 Å². The molecule has 0 heterocycles. The summed E-state index contributed by atoms with van der Waals surface area (Å²) in [5.41, 5.74) is 0.725. The van der Waals surface area contributed by atoms with Gasteiger partial charge in [-0.2, -0.15) is 0 Å². The van der Waals surface area contributed by atoms with Crippen LogP contribution in [0.15, 0.2) is 20.8 Å². The van der Waals surface area contributed by atoms with E-state index < -0.39 is 6.09 Å². The van der Waals surface area contributed by atoms with Crippen LogP contribution in [0.5, 0.6) is 0 Å². The Hall–Kier alpha value is -0.500. The minimum Gasteiger partial charge on any atom is -0.446 e. The van der Waals surface area contributed by atoms with Gasteiger partial charge in [0.2, 0.25) is 2.91 Å². The monoisotopic (exact) mass is 395 g/mol. The first-order valence-electron chi connectivity index (χ1n) is 6.21. The second kappa shape index (κ2) is 7.94. The molecule has 0 spiro atoms. The van der Waals surface area contributed by atoms with Crippen molar-refractivity contribution in [2.24, 2.45) is 5.92 Å². The van der Waals surface area contributed by atoms with Crippen LogP contribution in [0.1, 0.15) is 33.1 Å². The average Bonchev–Trinajstić information content (AvgIpc) is 2.36. The van der Waals surface area contributed by atoms with E-state index in [1.165, 1.54) is 0 Å². The van der Waals surface area contributed by atoms with Gasteiger partial charge in [0, 0.05) is 35.2 Å². The van der Waals surface area contributed by atoms with Crippen LogP contribution in [0.4, 0.5) is 4.79 Å². The Morgan fingerprint density at radius 1 is 1.58 bits per heavy atom. The van der Waals surface area contributed by atoms with Crippen molar-refractivity contribution in [3.63, 3.8) is 0 Å². The first kappa shape index (κ1) is 16.6. The van der Waals surface area contributed by atoms with Crippen LogP contribution in [0.2, 0.25) is 0 Å². The summed E-state index contributed by atoms with van der Waals surface area (Å²) in [6.45, 7) is 3.53. The van der Waals surface area contributed by atoms with E-state index in [-0.39, 0.29) is 11.8 Å². The Bertz CT molecular complexity index is 417. The zero-order valence-corrected chi connectivity index (χ0v) is 14.3. The maximum atomic E-state index is 11.8. The minimum atomic E-state index is -0.504. The fourth-order valence-corrected chi connectivity index (χ4v) is 2.74. The maximum Gasteiger partial charge on any atom is 0.412 e. The van der Waals surface area contributed by atoms with Crippen LogP contribution in [-0.4, -0.2) is 17.9 Å². The van der Waals surface area contributed by atoms with Gasteiger partial charge in [0.25, 0.3) is 0 Å². The number of carbonyl (C=O) groups is 1. The second-order valence-corrected chi connectivity index (χ2v) is 7.19. The molecule has 2 N–H and O–H groups in total. The lowest BCUT2D eigenvalue weighted by molar-refractivity contribution is 0.0716. The molecule has 0 saturated heterocycles. The topological polar surface area (TPSA) is 62.2 Å². The van der Waals surface area contributed by atoms with Crippen LogP contribution in [0, 0.1) is 11.3 Å². The minimum absolute atomic E-state index is 0.121. The zero-order chi connectivity index (χ0) is 14.4. The molecule has 4 nitrogen and oxygen atoms in total. The number of alkyl carbamates (subject to hydrolysis) is 1. The molecule has 0 aromatic rings. The normalized spacial score (nSPS) is 21.4. The average molecular weight is 395 g/mol. The number of rotatable bonds is 4. The van der Waals surface area contributed by atoms with Gasteiger partial charge in [0.05, 0.1) is 5.71 Å². The molecule has 106 valence electrons. The number of carbonyl (C=O) groups excluding carboxylic acids is 1. The van der Waals surface area contributed by atoms with E-state index in [0.29, 0.717) is 14.5 Å². The Balaban J connectivity index is 2.53. The van der Waals surface area contributed by atoms with E-state index in [1.807, 2.05) is 29.5 Å². The third kappa shape index (κ3) is 5.56. The lowest BCUT2D eigenvalue weighted by Gasteiger charge is -2.24. The molecule has 1 rings (SSSR count). The molecule has 0 saturated carbocycles. The van der Waals surface area contributed by atoms with Crippen LogP contribution < -0.4 is 5.32 Å². The summed E-state index contributed by atoms with van der Waals surface area (Å²) in [7, 11) is 0. The molecule has 1 aliphatic carbocycles. The molecule has 1 unspecified atom stereocenters. The predicted molar refractivity (Wildman–Crippen MR) is 90.2 cm³/mol. The van der Waals surface area contributed by atoms with E-state index >= 15 is 0 Å². The summed E-state index contributed by atoms with van der Waals surface area (Å²) < 4.78 is 6.06. The highest BCUT2D eigenvalue weighted by atomic mass is 127. The standard InChI is InChI=1S/C13H19IN2O2S/c1-8(15)11(12(14)19)16-13(17)18-9(2)10-6-4-3-5-7-10/h3-4,9-10,15,19H,5-7H2,1-2H3,(H,16,17)/p+1/b12-11+,15-8?/t9-,10?/m1/s1. The number of ether oxygens (including phenoxy) is 1. The summed E-state index contributed by atoms with van der Waals surface area (Å²) in [6.07, 6.45) is 6.73. The van der Waals surface area contributed by atoms with E-state index in [2.05, 4.69) is 30.1 Å². The van der Waals surface area contributed by atoms with E-state index in [1.54, 1.807) is 6.92 Å². The highest BCUT2D eigenvalue weighted by Gasteiger charge is 2.22. The van der Waals surface area contributed by atoms with E-state index in [0.717, 1.165) is 19.3 Å². The SMILES string of the molecule is CC(=N)/C(NC(=O)O[C@H](C)C1CC=CCC1)=C(\[SH2+])I. The number of hydrogen-bond acceptors (Lipinski definition) is 3. The molecule has 0 radical (unpaired) electrons. The third-order valence-electron chi connectivity index (χ3n) is 3.09. The lowest BCUT2D eigenvalue weighted by atomic mass is 9.90. The molecular formula is C13H20IN2O2S+. The van der Waals surface area contributed by atoms with Crippen molar-refractivity contribution in [3.8, 4) is 0 Å². The van der Waals surface area contributed by atoms with Gasteiger partial charge in [-0.15, -0.1) is 0 Å². The fourth-order valence-electron chi connectivity index (χ4n) is 1.95. The van der Waals surface area contributed by atoms with Crippen molar-refractivity contribution in [1.82, 2.24) is 5.32 Å². The van der Waals surface area contributed by atoms with Crippen LogP contribution in [0.3, 0.4) is 0 Å². The first-order chi connectivity index (χ1) is 8.91. The Kier molecular flexibility index (Phi) is 6.92. The van der Waals surface area contributed by atoms with Crippen LogP contribution in [0.25, 0.3) is 0 Å². The van der Waals surface area contributed by atoms with Crippen LogP contribution >= 0.6 is 22.6 Å². The highest BCUT2D eigenvalue weighted by Crippen LogP contribution is 2.23. The lowest BCUT2D eigenvalue weighted by Crippen LogP contribution is -2.33. The van der Waals surface area contributed by atoms with Gasteiger partial charge >= 0.3 is 6.09 Å². The molecule has 1 aliphatic rings. The summed E-state index contributed by atoms with van der Waals surface area (Å²) in [6, 6.07) is 0. The van der Waals surface area contributed by atoms with Crippen molar-refractivity contribution in [3.05, 3.63) is 20.8 Å². The van der Waals surface area contributed by atoms with Gasteiger partial charge in [-0.05, 0) is 39.0 Å². The molecule has 0 aromatic carbocycles. The van der Waals surface area contributed by atoms with Gasteiger partial charge in [0.15, 0.2) is 0 Å². The summed E-state index contributed by atoms with van der Waals surface area (Å²) in [5.74, 6) is 0.381. The molecule has 0 fully saturated rings. The van der Waals surface area contributed by atoms with Crippen molar-refractivity contribution in [2.75, 3.05) is 0 Å². The second-order valence-electron chi connectivity index (χ2n) is 4.59. The molecule has 0 bridgehead atoms. The van der Waals surface area contributed by atoms with Crippen molar-refractivity contribution in [1.29, 1.82) is 5.41 Å². The Labute approximate surface area is 133 Å². The number of nitrogens with one attached hydrogen (secondary N) is 2. The highest BCUT2D eigenvalue weighted by molar-refractivity contribution is 14.1. The largest absolute Gasteiger partial charge is 0.446 e. The van der Waals surface area contributed by atoms with Crippen molar-refractivity contribution < 1.29 is 9.53 Å². The third-order valence-corrected chi connectivity index (χ3v) is 3.88. The Morgan fingerprint density at radius 3 is 2.74 bits per heavy atom. The van der Waals surface area contributed by atoms with Gasteiger partial charge in [-0.3, -0.25) is 5.32 Å². The van der Waals surface area contributed by atoms with Gasteiger partial charge in [-0.25, -0.2) is 4.79 Å². The molecule has 0 aliphatic heterocycles. The molecule has 2 atom stereocenters. The van der Waals surface area contributed by atoms with Gasteiger partial charge in [-0.1, -0.05) is 12.2 Å². The number of halogens is 1. The summed E-state index contributed by atoms with van der Waals surface area (Å²) in [4.78, 5) is 11.8. The van der Waals surface area contributed by atoms with E-state index in [9.17, 15) is 4.79 Å². The maximum absolute atomic E-state index is 11.8. The molecule has 0 aromatic heterocycles. The van der Waals surface area contributed by atoms with Crippen LogP contribution in [-0.2, 0) is 17.4 Å². The summed E-state index contributed by atoms with van der Waals surface area (Å²) >= 11 is 5.31. The molecule has 6 heteroatoms. The first-order valence-corrected chi connectivity index (χ1v) is 7.79. The number of hydrogen-bond donors (Lipinski definition) is 2. The molecule has 1 amide bonds. The number of allylic oxidation sites excluding steroid dienone is 3. The quantitative estimate of drug-likeness (QED) is 0.333. The molecule has 19 heavy (non-hydrogen) atoms. The fraction of sp³-hybridized carbons (Fsp3) is 0.538. The Morgan fingerprint density at radius 2 is 2.26 bits per heavy atom. The number of amides is 1. The van der Waals surface area contributed by atoms with Gasteiger partial charge < -0.3 is 10.1 Å². The predicted octanol–water partition coefficient (Wildman–Crippen LogP) is 3.11. The summed E-state index contributed by atoms with van der Waals surface area (Å²) in [5, 5.41) is 10.2. The van der Waals surface area contributed by atoms with Crippen molar-refractivity contribution >= 4 is 47.0 Å². The molecular weight excluding hydrogens is 375 g/mol. The smallest absolute Gasteiger partial charge is 0.412 e.